The molecule has 1 atom stereocenters. The Morgan fingerprint density at radius 3 is 2.94 bits per heavy atom. The third kappa shape index (κ3) is 4.31. The van der Waals surface area contributed by atoms with E-state index in [0.29, 0.717) is 6.04 Å². The normalized spacial score (nSPS) is 19.0. The monoisotopic (exact) mass is 269 g/mol. The smallest absolute Gasteiger partial charge is 0.0925 e. The van der Waals surface area contributed by atoms with Gasteiger partial charge in [-0.3, -0.25) is 4.90 Å². The standard InChI is InChI=1S/C13H23N3OS/c1-3-13-15-9-12(18-13)8-14-11(2)10-16-4-6-17-7-5-16/h9,11,14H,3-8,10H2,1-2H3. The zero-order valence-electron chi connectivity index (χ0n) is 11.3. The van der Waals surface area contributed by atoms with Gasteiger partial charge in [-0.05, 0) is 13.3 Å². The van der Waals surface area contributed by atoms with E-state index in [4.69, 9.17) is 4.74 Å². The molecule has 0 aromatic carbocycles. The zero-order chi connectivity index (χ0) is 12.8. The Kier molecular flexibility index (Phi) is 5.56. The number of thiazole rings is 1. The van der Waals surface area contributed by atoms with Gasteiger partial charge in [0.15, 0.2) is 0 Å². The average Bonchev–Trinajstić information content (AvgIpc) is 2.85. The van der Waals surface area contributed by atoms with Gasteiger partial charge in [-0.1, -0.05) is 6.92 Å². The second-order valence-electron chi connectivity index (χ2n) is 4.77. The van der Waals surface area contributed by atoms with E-state index in [-0.39, 0.29) is 0 Å². The van der Waals surface area contributed by atoms with Crippen molar-refractivity contribution in [1.82, 2.24) is 15.2 Å². The average molecular weight is 269 g/mol. The van der Waals surface area contributed by atoms with Gasteiger partial charge in [0.05, 0.1) is 18.2 Å². The summed E-state index contributed by atoms with van der Waals surface area (Å²) in [5.74, 6) is 0. The predicted molar refractivity (Wildman–Crippen MR) is 75.1 cm³/mol. The number of aromatic nitrogens is 1. The summed E-state index contributed by atoms with van der Waals surface area (Å²) in [6.45, 7) is 10.3. The van der Waals surface area contributed by atoms with Gasteiger partial charge in [0.2, 0.25) is 0 Å². The molecule has 102 valence electrons. The Labute approximate surface area is 113 Å². The van der Waals surface area contributed by atoms with Crippen LogP contribution >= 0.6 is 11.3 Å². The first-order valence-electron chi connectivity index (χ1n) is 6.75. The van der Waals surface area contributed by atoms with Crippen LogP contribution in [0, 0.1) is 0 Å². The number of morpholine rings is 1. The lowest BCUT2D eigenvalue weighted by Gasteiger charge is -2.29. The van der Waals surface area contributed by atoms with Gasteiger partial charge >= 0.3 is 0 Å². The van der Waals surface area contributed by atoms with E-state index in [0.717, 1.165) is 45.8 Å². The fourth-order valence-corrected chi connectivity index (χ4v) is 2.92. The third-order valence-corrected chi connectivity index (χ3v) is 4.31. The van der Waals surface area contributed by atoms with E-state index < -0.39 is 0 Å². The molecule has 2 rings (SSSR count). The summed E-state index contributed by atoms with van der Waals surface area (Å²) in [5.41, 5.74) is 0. The van der Waals surface area contributed by atoms with Crippen molar-refractivity contribution < 1.29 is 4.74 Å². The minimum Gasteiger partial charge on any atom is -0.379 e. The maximum Gasteiger partial charge on any atom is 0.0925 e. The molecular formula is C13H23N3OS. The topological polar surface area (TPSA) is 37.4 Å². The van der Waals surface area contributed by atoms with Crippen LogP contribution in [0.3, 0.4) is 0 Å². The minimum absolute atomic E-state index is 0.510. The third-order valence-electron chi connectivity index (χ3n) is 3.16. The fraction of sp³-hybridized carbons (Fsp3) is 0.769. The van der Waals surface area contributed by atoms with Crippen molar-refractivity contribution in [3.8, 4) is 0 Å². The van der Waals surface area contributed by atoms with Gasteiger partial charge in [-0.2, -0.15) is 0 Å². The SMILES string of the molecule is CCc1ncc(CNC(C)CN2CCOCC2)s1. The predicted octanol–water partition coefficient (Wildman–Crippen LogP) is 1.52. The zero-order valence-corrected chi connectivity index (χ0v) is 12.1. The minimum atomic E-state index is 0.510. The summed E-state index contributed by atoms with van der Waals surface area (Å²) in [6, 6.07) is 0.510. The lowest BCUT2D eigenvalue weighted by atomic mass is 10.3. The van der Waals surface area contributed by atoms with Crippen LogP contribution in [-0.2, 0) is 17.7 Å². The van der Waals surface area contributed by atoms with Crippen molar-refractivity contribution in [3.63, 3.8) is 0 Å². The summed E-state index contributed by atoms with van der Waals surface area (Å²) in [5, 5.41) is 4.80. The molecule has 1 N–H and O–H groups in total. The van der Waals surface area contributed by atoms with Gasteiger partial charge in [0, 0.05) is 43.3 Å². The van der Waals surface area contributed by atoms with E-state index in [1.165, 1.54) is 9.88 Å². The fourth-order valence-electron chi connectivity index (χ4n) is 2.10. The van der Waals surface area contributed by atoms with Crippen LogP contribution in [0.5, 0.6) is 0 Å². The molecular weight excluding hydrogens is 246 g/mol. The van der Waals surface area contributed by atoms with Crippen LogP contribution in [-0.4, -0.2) is 48.8 Å². The molecule has 1 aromatic heterocycles. The number of nitrogens with one attached hydrogen (secondary N) is 1. The highest BCUT2D eigenvalue weighted by atomic mass is 32.1. The van der Waals surface area contributed by atoms with Crippen LogP contribution < -0.4 is 5.32 Å². The van der Waals surface area contributed by atoms with E-state index >= 15 is 0 Å². The Morgan fingerprint density at radius 2 is 2.28 bits per heavy atom. The van der Waals surface area contributed by atoms with Gasteiger partial charge < -0.3 is 10.1 Å². The van der Waals surface area contributed by atoms with Crippen molar-refractivity contribution in [3.05, 3.63) is 16.1 Å². The lowest BCUT2D eigenvalue weighted by molar-refractivity contribution is 0.0343. The number of aryl methyl sites for hydroxylation is 1. The molecule has 0 amide bonds. The number of nitrogens with zero attached hydrogens (tertiary/aromatic N) is 2. The molecule has 18 heavy (non-hydrogen) atoms. The van der Waals surface area contributed by atoms with Crippen molar-refractivity contribution >= 4 is 11.3 Å². The maximum atomic E-state index is 5.36. The second-order valence-corrected chi connectivity index (χ2v) is 5.97. The molecule has 1 aliphatic rings. The van der Waals surface area contributed by atoms with Gasteiger partial charge in [-0.15, -0.1) is 11.3 Å². The molecule has 0 radical (unpaired) electrons. The van der Waals surface area contributed by atoms with E-state index in [2.05, 4.69) is 29.0 Å². The van der Waals surface area contributed by atoms with Crippen LogP contribution in [0.15, 0.2) is 6.20 Å². The number of hydrogen-bond donors (Lipinski definition) is 1. The van der Waals surface area contributed by atoms with Crippen LogP contribution in [0.2, 0.25) is 0 Å². The first kappa shape index (κ1) is 13.9. The van der Waals surface area contributed by atoms with E-state index in [1.54, 1.807) is 0 Å². The summed E-state index contributed by atoms with van der Waals surface area (Å²) in [6.07, 6.45) is 3.03. The van der Waals surface area contributed by atoms with E-state index in [9.17, 15) is 0 Å². The van der Waals surface area contributed by atoms with Crippen molar-refractivity contribution in [2.24, 2.45) is 0 Å². The van der Waals surface area contributed by atoms with Crippen molar-refractivity contribution in [1.29, 1.82) is 0 Å². The van der Waals surface area contributed by atoms with Crippen LogP contribution in [0.1, 0.15) is 23.7 Å². The largest absolute Gasteiger partial charge is 0.379 e. The molecule has 5 heteroatoms. The lowest BCUT2D eigenvalue weighted by Crippen LogP contribution is -2.44. The molecule has 0 saturated carbocycles. The molecule has 4 nitrogen and oxygen atoms in total. The molecule has 2 heterocycles. The molecule has 0 aliphatic carbocycles. The Bertz CT molecular complexity index is 350. The van der Waals surface area contributed by atoms with Crippen LogP contribution in [0.25, 0.3) is 0 Å². The highest BCUT2D eigenvalue weighted by Crippen LogP contribution is 2.13. The molecule has 1 saturated heterocycles. The van der Waals surface area contributed by atoms with Crippen molar-refractivity contribution in [2.75, 3.05) is 32.8 Å². The highest BCUT2D eigenvalue weighted by Gasteiger charge is 2.13. The summed E-state index contributed by atoms with van der Waals surface area (Å²) >= 11 is 1.81. The Balaban J connectivity index is 1.68. The molecule has 0 bridgehead atoms. The number of rotatable bonds is 6. The van der Waals surface area contributed by atoms with Crippen molar-refractivity contribution in [2.45, 2.75) is 32.9 Å². The first-order valence-corrected chi connectivity index (χ1v) is 7.56. The molecule has 1 aliphatic heterocycles. The summed E-state index contributed by atoms with van der Waals surface area (Å²) in [4.78, 5) is 8.18. The molecule has 1 unspecified atom stereocenters. The molecule has 1 fully saturated rings. The van der Waals surface area contributed by atoms with E-state index in [1.807, 2.05) is 17.5 Å². The van der Waals surface area contributed by atoms with Gasteiger partial charge in [-0.25, -0.2) is 4.98 Å². The van der Waals surface area contributed by atoms with Crippen LogP contribution in [0.4, 0.5) is 0 Å². The maximum absolute atomic E-state index is 5.36. The molecule has 1 aromatic rings. The summed E-state index contributed by atoms with van der Waals surface area (Å²) in [7, 11) is 0. The highest BCUT2D eigenvalue weighted by molar-refractivity contribution is 7.11. The van der Waals surface area contributed by atoms with Gasteiger partial charge in [0.25, 0.3) is 0 Å². The first-order chi connectivity index (χ1) is 8.78. The number of ether oxygens (including phenoxy) is 1. The second kappa shape index (κ2) is 7.19. The molecule has 0 spiro atoms. The quantitative estimate of drug-likeness (QED) is 0.849. The summed E-state index contributed by atoms with van der Waals surface area (Å²) < 4.78 is 5.36. The van der Waals surface area contributed by atoms with Gasteiger partial charge in [0.1, 0.15) is 0 Å². The number of hydrogen-bond acceptors (Lipinski definition) is 5. The Morgan fingerprint density at radius 1 is 1.50 bits per heavy atom. The Hall–Kier alpha value is -0.490.